The molecular formula is C6H11NO2. The Morgan fingerprint density at radius 1 is 1.22 bits per heavy atom. The monoisotopic (exact) mass is 129 g/mol. The normalized spacial score (nSPS) is 36.7. The van der Waals surface area contributed by atoms with Gasteiger partial charge in [0.25, 0.3) is 0 Å². The molecule has 0 spiro atoms. The lowest BCUT2D eigenvalue weighted by Crippen LogP contribution is -2.38. The van der Waals surface area contributed by atoms with E-state index >= 15 is 0 Å². The Hall–Kier alpha value is -0.120. The minimum Gasteiger partial charge on any atom is -0.379 e. The number of epoxide rings is 1. The zero-order valence-electron chi connectivity index (χ0n) is 5.38. The van der Waals surface area contributed by atoms with Crippen molar-refractivity contribution in [2.75, 3.05) is 32.9 Å². The SMILES string of the molecule is C1CN(C2CO2)CCO1. The molecule has 2 aliphatic heterocycles. The van der Waals surface area contributed by atoms with Crippen molar-refractivity contribution in [3.05, 3.63) is 0 Å². The summed E-state index contributed by atoms with van der Waals surface area (Å²) in [6, 6.07) is 0. The molecule has 3 nitrogen and oxygen atoms in total. The molecule has 9 heavy (non-hydrogen) atoms. The molecule has 0 N–H and O–H groups in total. The van der Waals surface area contributed by atoms with Crippen LogP contribution in [0.4, 0.5) is 0 Å². The van der Waals surface area contributed by atoms with Gasteiger partial charge < -0.3 is 9.47 Å². The van der Waals surface area contributed by atoms with E-state index in [0.29, 0.717) is 6.23 Å². The number of hydrogen-bond donors (Lipinski definition) is 0. The summed E-state index contributed by atoms with van der Waals surface area (Å²) >= 11 is 0. The van der Waals surface area contributed by atoms with E-state index in [1.54, 1.807) is 0 Å². The molecule has 0 amide bonds. The van der Waals surface area contributed by atoms with Gasteiger partial charge in [-0.25, -0.2) is 0 Å². The molecule has 0 aromatic heterocycles. The fraction of sp³-hybridized carbons (Fsp3) is 1.00. The van der Waals surface area contributed by atoms with Crippen molar-refractivity contribution in [1.29, 1.82) is 0 Å². The Bertz CT molecular complexity index is 97.2. The summed E-state index contributed by atoms with van der Waals surface area (Å²) in [5, 5.41) is 0. The van der Waals surface area contributed by atoms with Gasteiger partial charge in [0.1, 0.15) is 6.23 Å². The minimum atomic E-state index is 0.439. The first-order chi connectivity index (χ1) is 4.47. The fourth-order valence-electron chi connectivity index (χ4n) is 1.12. The van der Waals surface area contributed by atoms with Crippen molar-refractivity contribution in [2.24, 2.45) is 0 Å². The molecule has 0 aromatic rings. The third-order valence-corrected chi connectivity index (χ3v) is 1.77. The second-order valence-electron chi connectivity index (χ2n) is 2.44. The summed E-state index contributed by atoms with van der Waals surface area (Å²) in [6.07, 6.45) is 0.439. The van der Waals surface area contributed by atoms with Crippen LogP contribution in [0, 0.1) is 0 Å². The summed E-state index contributed by atoms with van der Waals surface area (Å²) < 4.78 is 10.3. The van der Waals surface area contributed by atoms with Crippen LogP contribution in [0.2, 0.25) is 0 Å². The van der Waals surface area contributed by atoms with Crippen LogP contribution in [0.1, 0.15) is 0 Å². The van der Waals surface area contributed by atoms with Crippen molar-refractivity contribution >= 4 is 0 Å². The van der Waals surface area contributed by atoms with E-state index in [1.807, 2.05) is 0 Å². The van der Waals surface area contributed by atoms with E-state index in [0.717, 1.165) is 32.9 Å². The summed E-state index contributed by atoms with van der Waals surface area (Å²) in [6.45, 7) is 4.77. The van der Waals surface area contributed by atoms with Gasteiger partial charge in [-0.15, -0.1) is 0 Å². The molecule has 0 radical (unpaired) electrons. The van der Waals surface area contributed by atoms with Gasteiger partial charge in [0.15, 0.2) is 0 Å². The molecule has 3 heteroatoms. The van der Waals surface area contributed by atoms with Crippen LogP contribution in [-0.4, -0.2) is 44.0 Å². The number of morpholine rings is 1. The Morgan fingerprint density at radius 2 is 1.89 bits per heavy atom. The molecule has 2 fully saturated rings. The highest BCUT2D eigenvalue weighted by Gasteiger charge is 2.30. The molecule has 0 aliphatic carbocycles. The third kappa shape index (κ3) is 1.23. The van der Waals surface area contributed by atoms with Gasteiger partial charge in [-0.3, -0.25) is 4.90 Å². The van der Waals surface area contributed by atoms with E-state index in [1.165, 1.54) is 0 Å². The van der Waals surface area contributed by atoms with Crippen LogP contribution in [-0.2, 0) is 9.47 Å². The van der Waals surface area contributed by atoms with E-state index in [-0.39, 0.29) is 0 Å². The maximum absolute atomic E-state index is 5.18. The second-order valence-corrected chi connectivity index (χ2v) is 2.44. The molecular weight excluding hydrogens is 118 g/mol. The maximum Gasteiger partial charge on any atom is 0.134 e. The van der Waals surface area contributed by atoms with Crippen LogP contribution in [0.15, 0.2) is 0 Å². The molecule has 52 valence electrons. The highest BCUT2D eigenvalue weighted by atomic mass is 16.6. The molecule has 1 unspecified atom stereocenters. The largest absolute Gasteiger partial charge is 0.379 e. The van der Waals surface area contributed by atoms with E-state index in [4.69, 9.17) is 9.47 Å². The highest BCUT2D eigenvalue weighted by Crippen LogP contribution is 2.15. The Kier molecular flexibility index (Phi) is 1.41. The third-order valence-electron chi connectivity index (χ3n) is 1.77. The molecule has 0 saturated carbocycles. The Balaban J connectivity index is 1.80. The van der Waals surface area contributed by atoms with Crippen molar-refractivity contribution < 1.29 is 9.47 Å². The lowest BCUT2D eigenvalue weighted by Gasteiger charge is -2.24. The molecule has 0 aromatic carbocycles. The van der Waals surface area contributed by atoms with E-state index in [2.05, 4.69) is 4.90 Å². The average Bonchev–Trinajstić information content (AvgIpc) is 2.71. The molecule has 0 bridgehead atoms. The quantitative estimate of drug-likeness (QED) is 0.453. The lowest BCUT2D eigenvalue weighted by atomic mass is 10.4. The predicted molar refractivity (Wildman–Crippen MR) is 32.1 cm³/mol. The molecule has 2 heterocycles. The van der Waals surface area contributed by atoms with Gasteiger partial charge in [-0.2, -0.15) is 0 Å². The van der Waals surface area contributed by atoms with Gasteiger partial charge in [0, 0.05) is 13.1 Å². The number of ether oxygens (including phenoxy) is 2. The van der Waals surface area contributed by atoms with Gasteiger partial charge in [0.05, 0.1) is 19.8 Å². The predicted octanol–water partition coefficient (Wildman–Crippen LogP) is -0.325. The Morgan fingerprint density at radius 3 is 2.44 bits per heavy atom. The zero-order chi connectivity index (χ0) is 6.10. The van der Waals surface area contributed by atoms with Crippen LogP contribution in [0.3, 0.4) is 0 Å². The summed E-state index contributed by atoms with van der Waals surface area (Å²) in [5.74, 6) is 0. The molecule has 2 aliphatic rings. The smallest absolute Gasteiger partial charge is 0.134 e. The van der Waals surface area contributed by atoms with Crippen LogP contribution >= 0.6 is 0 Å². The van der Waals surface area contributed by atoms with Crippen molar-refractivity contribution in [1.82, 2.24) is 4.90 Å². The number of nitrogens with zero attached hydrogens (tertiary/aromatic N) is 1. The fourth-order valence-corrected chi connectivity index (χ4v) is 1.12. The molecule has 2 rings (SSSR count). The first-order valence-corrected chi connectivity index (χ1v) is 3.40. The van der Waals surface area contributed by atoms with Gasteiger partial charge >= 0.3 is 0 Å². The first kappa shape index (κ1) is 5.65. The summed E-state index contributed by atoms with van der Waals surface area (Å²) in [5.41, 5.74) is 0. The van der Waals surface area contributed by atoms with Crippen molar-refractivity contribution in [2.45, 2.75) is 6.23 Å². The van der Waals surface area contributed by atoms with Crippen LogP contribution < -0.4 is 0 Å². The van der Waals surface area contributed by atoms with Gasteiger partial charge in [0.2, 0.25) is 0 Å². The van der Waals surface area contributed by atoms with Gasteiger partial charge in [-0.05, 0) is 0 Å². The van der Waals surface area contributed by atoms with Crippen LogP contribution in [0.25, 0.3) is 0 Å². The first-order valence-electron chi connectivity index (χ1n) is 3.40. The zero-order valence-corrected chi connectivity index (χ0v) is 5.38. The topological polar surface area (TPSA) is 25.0 Å². The molecule has 1 atom stereocenters. The summed E-state index contributed by atoms with van der Waals surface area (Å²) in [4.78, 5) is 2.32. The molecule has 2 saturated heterocycles. The number of rotatable bonds is 1. The standard InChI is InChI=1S/C6H11NO2/c1-3-8-4-2-7(1)6-5-9-6/h6H,1-5H2. The van der Waals surface area contributed by atoms with Gasteiger partial charge in [-0.1, -0.05) is 0 Å². The van der Waals surface area contributed by atoms with Crippen molar-refractivity contribution in [3.8, 4) is 0 Å². The van der Waals surface area contributed by atoms with E-state index in [9.17, 15) is 0 Å². The van der Waals surface area contributed by atoms with Crippen molar-refractivity contribution in [3.63, 3.8) is 0 Å². The van der Waals surface area contributed by atoms with Crippen LogP contribution in [0.5, 0.6) is 0 Å². The highest BCUT2D eigenvalue weighted by molar-refractivity contribution is 4.73. The number of hydrogen-bond acceptors (Lipinski definition) is 3. The lowest BCUT2D eigenvalue weighted by molar-refractivity contribution is 0.0162. The Labute approximate surface area is 54.5 Å². The average molecular weight is 129 g/mol. The van der Waals surface area contributed by atoms with E-state index < -0.39 is 0 Å². The maximum atomic E-state index is 5.18. The second kappa shape index (κ2) is 2.25. The minimum absolute atomic E-state index is 0.439. The summed E-state index contributed by atoms with van der Waals surface area (Å²) in [7, 11) is 0.